The lowest BCUT2D eigenvalue weighted by Gasteiger charge is -2.37. The van der Waals surface area contributed by atoms with E-state index in [0.717, 1.165) is 25.7 Å². The summed E-state index contributed by atoms with van der Waals surface area (Å²) in [4.78, 5) is 12.5. The third kappa shape index (κ3) is 6.08. The Morgan fingerprint density at radius 1 is 1.40 bits per heavy atom. The second-order valence-electron chi connectivity index (χ2n) is 6.65. The van der Waals surface area contributed by atoms with Crippen molar-refractivity contribution in [3.63, 3.8) is 0 Å². The van der Waals surface area contributed by atoms with E-state index in [1.165, 1.54) is 18.2 Å². The van der Waals surface area contributed by atoms with Crippen LogP contribution in [0.3, 0.4) is 0 Å². The van der Waals surface area contributed by atoms with Gasteiger partial charge in [-0.25, -0.2) is 0 Å². The fraction of sp³-hybridized carbons (Fsp3) is 0.588. The molecule has 0 aliphatic heterocycles. The Labute approximate surface area is 151 Å². The molecule has 3 N–H and O–H groups in total. The van der Waals surface area contributed by atoms with E-state index < -0.39 is 17.9 Å². The molecule has 8 heteroatoms. The summed E-state index contributed by atoms with van der Waals surface area (Å²) in [5.41, 5.74) is 6.21. The van der Waals surface area contributed by atoms with Gasteiger partial charge in [0.15, 0.2) is 0 Å². The van der Waals surface area contributed by atoms with Crippen LogP contribution in [0.5, 0.6) is 5.75 Å². The molecule has 0 saturated heterocycles. The predicted octanol–water partition coefficient (Wildman–Crippen LogP) is 4.09. The Bertz CT molecular complexity index is 594. The van der Waals surface area contributed by atoms with Crippen LogP contribution in [0.1, 0.15) is 51.1 Å². The lowest BCUT2D eigenvalue weighted by molar-refractivity contribution is -0.274. The lowest BCUT2D eigenvalue weighted by Crippen LogP contribution is -2.53. The number of benzene rings is 1. The van der Waals surface area contributed by atoms with Crippen LogP contribution in [0.25, 0.3) is 0 Å². The molecule has 3 atom stereocenters. The van der Waals surface area contributed by atoms with Gasteiger partial charge in [-0.05, 0) is 44.4 Å². The van der Waals surface area contributed by atoms with Crippen molar-refractivity contribution in [2.45, 2.75) is 57.5 Å². The molecular weight excluding hydrogens is 357 g/mol. The molecule has 1 amide bonds. The topological polar surface area (TPSA) is 64.4 Å². The van der Waals surface area contributed by atoms with Gasteiger partial charge in [-0.1, -0.05) is 25.0 Å². The molecule has 0 bridgehead atoms. The van der Waals surface area contributed by atoms with Crippen LogP contribution in [-0.2, 0) is 4.79 Å². The Morgan fingerprint density at radius 3 is 2.68 bits per heavy atom. The summed E-state index contributed by atoms with van der Waals surface area (Å²) < 4.78 is 40.8. The number of ether oxygens (including phenoxy) is 1. The zero-order valence-corrected chi connectivity index (χ0v) is 15.0. The van der Waals surface area contributed by atoms with Gasteiger partial charge in [0.2, 0.25) is 5.91 Å². The van der Waals surface area contributed by atoms with Crippen LogP contribution in [0.4, 0.5) is 13.2 Å². The van der Waals surface area contributed by atoms with Gasteiger partial charge in [0.25, 0.3) is 0 Å². The Hall–Kier alpha value is -1.47. The van der Waals surface area contributed by atoms with E-state index in [-0.39, 0.29) is 30.0 Å². The Balaban J connectivity index is 0.00000312. The van der Waals surface area contributed by atoms with Crippen LogP contribution in [0, 0.1) is 5.92 Å². The molecule has 0 aromatic heterocycles. The first-order valence-electron chi connectivity index (χ1n) is 8.03. The lowest BCUT2D eigenvalue weighted by atomic mass is 9.74. The van der Waals surface area contributed by atoms with Gasteiger partial charge in [0.1, 0.15) is 5.75 Å². The van der Waals surface area contributed by atoms with Gasteiger partial charge in [-0.3, -0.25) is 4.79 Å². The van der Waals surface area contributed by atoms with Gasteiger partial charge in [0.05, 0.1) is 12.0 Å². The molecule has 0 heterocycles. The molecule has 4 nitrogen and oxygen atoms in total. The zero-order valence-electron chi connectivity index (χ0n) is 14.2. The first kappa shape index (κ1) is 21.6. The molecule has 1 aromatic carbocycles. The smallest absolute Gasteiger partial charge is 0.406 e. The Morgan fingerprint density at radius 2 is 2.08 bits per heavy atom. The average Bonchev–Trinajstić information content (AvgIpc) is 2.45. The number of halogens is 4. The molecule has 142 valence electrons. The number of alkyl halides is 3. The van der Waals surface area contributed by atoms with E-state index in [1.54, 1.807) is 13.0 Å². The third-order valence-corrected chi connectivity index (χ3v) is 4.52. The first-order valence-corrected chi connectivity index (χ1v) is 8.03. The number of rotatable bonds is 4. The number of hydrogen-bond donors (Lipinski definition) is 2. The third-order valence-electron chi connectivity index (χ3n) is 4.52. The highest BCUT2D eigenvalue weighted by Crippen LogP contribution is 2.32. The maximum atomic E-state index is 12.5. The number of carbonyl (C=O) groups excluding carboxylic acids is 1. The summed E-state index contributed by atoms with van der Waals surface area (Å²) in [7, 11) is 0. The van der Waals surface area contributed by atoms with Gasteiger partial charge in [-0.15, -0.1) is 25.6 Å². The molecule has 3 unspecified atom stereocenters. The molecule has 2 rings (SSSR count). The van der Waals surface area contributed by atoms with Crippen LogP contribution < -0.4 is 15.8 Å². The van der Waals surface area contributed by atoms with Crippen LogP contribution in [0.2, 0.25) is 0 Å². The summed E-state index contributed by atoms with van der Waals surface area (Å²) in [6.45, 7) is 3.60. The standard InChI is InChI=1S/C17H23F3N2O2.ClH/c1-11(12-6-5-7-13(10-12)24-17(18,19)20)22-15(23)14-8-3-4-9-16(14,2)21;/h5-7,10-11,14H,3-4,8-9,21H2,1-2H3,(H,22,23);1H. The van der Waals surface area contributed by atoms with E-state index in [2.05, 4.69) is 10.1 Å². The predicted molar refractivity (Wildman–Crippen MR) is 91.5 cm³/mol. The number of nitrogens with one attached hydrogen (secondary N) is 1. The molecule has 1 fully saturated rings. The van der Waals surface area contributed by atoms with Crippen LogP contribution >= 0.6 is 12.4 Å². The second kappa shape index (κ2) is 8.27. The van der Waals surface area contributed by atoms with Crippen molar-refractivity contribution in [2.24, 2.45) is 11.7 Å². The summed E-state index contributed by atoms with van der Waals surface area (Å²) in [6.07, 6.45) is -1.27. The molecule has 1 aliphatic rings. The van der Waals surface area contributed by atoms with Crippen molar-refractivity contribution in [1.29, 1.82) is 0 Å². The molecule has 1 aliphatic carbocycles. The SMILES string of the molecule is CC(NC(=O)C1CCCCC1(C)N)c1cccc(OC(F)(F)F)c1.Cl. The quantitative estimate of drug-likeness (QED) is 0.826. The van der Waals surface area contributed by atoms with Gasteiger partial charge in [-0.2, -0.15) is 0 Å². The fourth-order valence-electron chi connectivity index (χ4n) is 3.17. The van der Waals surface area contributed by atoms with Crippen LogP contribution in [-0.4, -0.2) is 17.8 Å². The molecule has 1 aromatic rings. The minimum absolute atomic E-state index is 0. The Kier molecular flexibility index (Phi) is 7.14. The monoisotopic (exact) mass is 380 g/mol. The van der Waals surface area contributed by atoms with Crippen molar-refractivity contribution >= 4 is 18.3 Å². The van der Waals surface area contributed by atoms with Gasteiger partial charge in [0, 0.05) is 5.54 Å². The minimum Gasteiger partial charge on any atom is -0.406 e. The van der Waals surface area contributed by atoms with E-state index >= 15 is 0 Å². The van der Waals surface area contributed by atoms with Crippen molar-refractivity contribution < 1.29 is 22.7 Å². The number of hydrogen-bond acceptors (Lipinski definition) is 3. The van der Waals surface area contributed by atoms with Crippen molar-refractivity contribution in [3.05, 3.63) is 29.8 Å². The van der Waals surface area contributed by atoms with Crippen LogP contribution in [0.15, 0.2) is 24.3 Å². The van der Waals surface area contributed by atoms with E-state index in [9.17, 15) is 18.0 Å². The number of nitrogens with two attached hydrogens (primary N) is 1. The summed E-state index contributed by atoms with van der Waals surface area (Å²) in [5.74, 6) is -0.750. The summed E-state index contributed by atoms with van der Waals surface area (Å²) >= 11 is 0. The number of amides is 1. The summed E-state index contributed by atoms with van der Waals surface area (Å²) in [5, 5.41) is 2.86. The first-order chi connectivity index (χ1) is 11.1. The maximum Gasteiger partial charge on any atom is 0.573 e. The normalized spacial score (nSPS) is 24.8. The van der Waals surface area contributed by atoms with Crippen molar-refractivity contribution in [2.75, 3.05) is 0 Å². The van der Waals surface area contributed by atoms with Crippen molar-refractivity contribution in [3.8, 4) is 5.75 Å². The molecule has 1 saturated carbocycles. The van der Waals surface area contributed by atoms with E-state index in [0.29, 0.717) is 5.56 Å². The van der Waals surface area contributed by atoms with E-state index in [4.69, 9.17) is 5.73 Å². The average molecular weight is 381 g/mol. The summed E-state index contributed by atoms with van der Waals surface area (Å²) in [6, 6.07) is 5.18. The molecule has 0 spiro atoms. The minimum atomic E-state index is -4.74. The largest absolute Gasteiger partial charge is 0.573 e. The maximum absolute atomic E-state index is 12.5. The van der Waals surface area contributed by atoms with Crippen molar-refractivity contribution in [1.82, 2.24) is 5.32 Å². The van der Waals surface area contributed by atoms with Gasteiger partial charge < -0.3 is 15.8 Å². The zero-order chi connectivity index (χ0) is 18.0. The highest BCUT2D eigenvalue weighted by atomic mass is 35.5. The highest BCUT2D eigenvalue weighted by molar-refractivity contribution is 5.85. The fourth-order valence-corrected chi connectivity index (χ4v) is 3.17. The molecular formula is C17H24ClF3N2O2. The van der Waals surface area contributed by atoms with Gasteiger partial charge >= 0.3 is 6.36 Å². The molecule has 25 heavy (non-hydrogen) atoms. The number of carbonyl (C=O) groups is 1. The second-order valence-corrected chi connectivity index (χ2v) is 6.65. The van der Waals surface area contributed by atoms with E-state index in [1.807, 2.05) is 6.92 Å². The molecule has 0 radical (unpaired) electrons. The highest BCUT2D eigenvalue weighted by Gasteiger charge is 2.38.